The molecular weight excluding hydrogens is 676 g/mol. The minimum absolute atomic E-state index is 0.168. The predicted octanol–water partition coefficient (Wildman–Crippen LogP) is 1.44. The van der Waals surface area contributed by atoms with E-state index in [1.807, 2.05) is 0 Å². The van der Waals surface area contributed by atoms with Gasteiger partial charge in [0, 0.05) is 12.3 Å². The van der Waals surface area contributed by atoms with E-state index in [9.17, 15) is 35.7 Å². The first-order valence-corrected chi connectivity index (χ1v) is 20.3. The van der Waals surface area contributed by atoms with Crippen LogP contribution in [0.3, 0.4) is 0 Å². The topological polar surface area (TPSA) is 197 Å². The molecule has 4 heterocycles. The van der Waals surface area contributed by atoms with Gasteiger partial charge in [-0.15, -0.1) is 0 Å². The molecule has 4 saturated carbocycles. The molecule has 8 rings (SSSR count). The summed E-state index contributed by atoms with van der Waals surface area (Å²) in [6.07, 6.45) is -3.88. The fourth-order valence-electron chi connectivity index (χ4n) is 13.2. The summed E-state index contributed by atoms with van der Waals surface area (Å²) in [5, 5.41) is 72.7. The molecule has 7 N–H and O–H groups in total. The lowest BCUT2D eigenvalue weighted by Gasteiger charge is -2.61. The van der Waals surface area contributed by atoms with Crippen LogP contribution < -0.4 is 0 Å². The zero-order valence-electron chi connectivity index (χ0n) is 31.2. The monoisotopic (exact) mass is 740 g/mol. The Bertz CT molecular complexity index is 1260. The number of rotatable bonds is 6. The smallest absolute Gasteiger partial charge is 0.187 e. The fraction of sp³-hybridized carbons (Fsp3) is 1.00. The largest absolute Gasteiger partial charge is 0.394 e. The Morgan fingerprint density at radius 2 is 1.37 bits per heavy atom. The molecule has 52 heavy (non-hydrogen) atoms. The maximum absolute atomic E-state index is 11.1. The van der Waals surface area contributed by atoms with Crippen LogP contribution in [-0.4, -0.2) is 135 Å². The van der Waals surface area contributed by atoms with Crippen molar-refractivity contribution in [2.75, 3.05) is 19.8 Å². The summed E-state index contributed by atoms with van der Waals surface area (Å²) < 4.78 is 37.5. The predicted molar refractivity (Wildman–Crippen MR) is 183 cm³/mol. The molecule has 0 aromatic heterocycles. The van der Waals surface area contributed by atoms with Gasteiger partial charge in [-0.25, -0.2) is 0 Å². The van der Waals surface area contributed by atoms with Crippen molar-refractivity contribution in [2.24, 2.45) is 52.3 Å². The second-order valence-electron chi connectivity index (χ2n) is 18.7. The normalized spacial score (nSPS) is 59.0. The number of hydrogen-bond donors (Lipinski definition) is 7. The van der Waals surface area contributed by atoms with E-state index in [1.165, 1.54) is 25.7 Å². The third-order valence-corrected chi connectivity index (χ3v) is 16.2. The van der Waals surface area contributed by atoms with Crippen molar-refractivity contribution in [3.05, 3.63) is 0 Å². The van der Waals surface area contributed by atoms with Gasteiger partial charge in [-0.3, -0.25) is 0 Å². The second-order valence-corrected chi connectivity index (χ2v) is 18.7. The number of hydrogen-bond acceptors (Lipinski definition) is 13. The van der Waals surface area contributed by atoms with Crippen molar-refractivity contribution in [3.8, 4) is 0 Å². The average Bonchev–Trinajstić information content (AvgIpc) is 3.58. The van der Waals surface area contributed by atoms with Crippen LogP contribution in [0.25, 0.3) is 0 Å². The average molecular weight is 741 g/mol. The Labute approximate surface area is 307 Å². The van der Waals surface area contributed by atoms with Gasteiger partial charge >= 0.3 is 0 Å². The molecule has 1 spiro atoms. The summed E-state index contributed by atoms with van der Waals surface area (Å²) in [4.78, 5) is 0. The second kappa shape index (κ2) is 14.1. The van der Waals surface area contributed by atoms with Crippen molar-refractivity contribution in [1.82, 2.24) is 0 Å². The zero-order chi connectivity index (χ0) is 36.9. The standard InChI is InChI=1S/C39H64O13/c1-18-7-12-39(47-17-18)19(2)28-25(52-39)14-24-22-6-5-20-13-21(8-10-37(20,3)23(22)9-11-38(24,28)4)48-36-34(32(45)30(43)27(16-41)50-36)51-35-33(46)31(44)29(42)26(15-40)49-35/h18-36,40-46H,5-17H2,1-4H3/t18-,19-,20+,21-,22-,23-,24-,25?,26+,27+,28?,29+,30-,31-,32-,33+,34+,35-,36+,37-,38-,39+/m0/s1. The summed E-state index contributed by atoms with van der Waals surface area (Å²) in [7, 11) is 0. The molecule has 8 fully saturated rings. The number of aliphatic hydroxyl groups excluding tert-OH is 7. The molecule has 2 unspecified atom stereocenters. The van der Waals surface area contributed by atoms with Gasteiger partial charge in [0.05, 0.1) is 32.0 Å². The van der Waals surface area contributed by atoms with Crippen LogP contribution in [-0.2, 0) is 28.4 Å². The zero-order valence-corrected chi connectivity index (χ0v) is 31.2. The minimum Gasteiger partial charge on any atom is -0.394 e. The van der Waals surface area contributed by atoms with Crippen LogP contribution in [0, 0.1) is 52.3 Å². The van der Waals surface area contributed by atoms with Crippen LogP contribution in [0.4, 0.5) is 0 Å². The third-order valence-electron chi connectivity index (χ3n) is 16.2. The van der Waals surface area contributed by atoms with E-state index in [0.29, 0.717) is 41.4 Å². The highest BCUT2D eigenvalue weighted by Gasteiger charge is 2.69. The molecule has 298 valence electrons. The first-order chi connectivity index (χ1) is 24.7. The van der Waals surface area contributed by atoms with E-state index in [4.69, 9.17) is 28.4 Å². The maximum atomic E-state index is 11.1. The molecule has 4 aliphatic heterocycles. The molecule has 0 radical (unpaired) electrons. The van der Waals surface area contributed by atoms with Gasteiger partial charge in [-0.2, -0.15) is 0 Å². The van der Waals surface area contributed by atoms with Gasteiger partial charge < -0.3 is 64.2 Å². The van der Waals surface area contributed by atoms with Gasteiger partial charge in [0.2, 0.25) is 0 Å². The van der Waals surface area contributed by atoms with Crippen molar-refractivity contribution in [2.45, 2.75) is 171 Å². The van der Waals surface area contributed by atoms with Crippen LogP contribution >= 0.6 is 0 Å². The molecule has 13 nitrogen and oxygen atoms in total. The highest BCUT2D eigenvalue weighted by Crippen LogP contribution is 2.71. The Hall–Kier alpha value is -0.520. The van der Waals surface area contributed by atoms with Crippen molar-refractivity contribution in [1.29, 1.82) is 0 Å². The highest BCUT2D eigenvalue weighted by molar-refractivity contribution is 5.15. The first kappa shape index (κ1) is 38.4. The molecule has 4 aliphatic carbocycles. The maximum Gasteiger partial charge on any atom is 0.187 e. The molecule has 0 amide bonds. The van der Waals surface area contributed by atoms with Crippen LogP contribution in [0.15, 0.2) is 0 Å². The van der Waals surface area contributed by atoms with Gasteiger partial charge in [-0.1, -0.05) is 27.7 Å². The van der Waals surface area contributed by atoms with Gasteiger partial charge in [0.25, 0.3) is 0 Å². The van der Waals surface area contributed by atoms with Crippen molar-refractivity contribution >= 4 is 0 Å². The van der Waals surface area contributed by atoms with Gasteiger partial charge in [-0.05, 0) is 104 Å². The molecule has 0 aromatic rings. The summed E-state index contributed by atoms with van der Waals surface area (Å²) in [6.45, 7) is 9.33. The Balaban J connectivity index is 0.942. The Morgan fingerprint density at radius 1 is 0.673 bits per heavy atom. The number of ether oxygens (including phenoxy) is 6. The van der Waals surface area contributed by atoms with Crippen LogP contribution in [0.1, 0.15) is 91.9 Å². The lowest BCUT2D eigenvalue weighted by Crippen LogP contribution is -2.65. The number of fused-ring (bicyclic) bond motifs is 7. The van der Waals surface area contributed by atoms with E-state index in [-0.39, 0.29) is 23.0 Å². The molecule has 0 bridgehead atoms. The number of aliphatic hydroxyl groups is 7. The van der Waals surface area contributed by atoms with Gasteiger partial charge in [0.15, 0.2) is 18.4 Å². The lowest BCUT2D eigenvalue weighted by atomic mass is 9.44. The molecule has 13 heteroatoms. The highest BCUT2D eigenvalue weighted by atomic mass is 16.8. The Morgan fingerprint density at radius 3 is 2.06 bits per heavy atom. The van der Waals surface area contributed by atoms with E-state index in [2.05, 4.69) is 27.7 Å². The summed E-state index contributed by atoms with van der Waals surface area (Å²) in [5.74, 6) is 3.51. The van der Waals surface area contributed by atoms with Gasteiger partial charge in [0.1, 0.15) is 48.8 Å². The van der Waals surface area contributed by atoms with E-state index < -0.39 is 80.4 Å². The third kappa shape index (κ3) is 5.98. The molecular formula is C39H64O13. The molecule has 0 aromatic carbocycles. The molecule has 8 aliphatic rings. The SMILES string of the molecule is C[C@H]1CC[C@@]2(OC1)OC1C[C@H]3[C@H]4CC[C@@H]5C[C@@H](O[C@@H]6O[C@H](CO)[C@H](O)[C@H](O)[C@H]6O[C@@H]6O[C@H](CO)[C@@H](O)[C@H](O)[C@H]6O)CC[C@]5(C)[C@H]4CC[C@]3(C)C1[C@@H]2C. The molecule has 22 atom stereocenters. The first-order valence-electron chi connectivity index (χ1n) is 20.3. The van der Waals surface area contributed by atoms with Crippen LogP contribution in [0.2, 0.25) is 0 Å². The fourth-order valence-corrected chi connectivity index (χ4v) is 13.2. The van der Waals surface area contributed by atoms with E-state index in [0.717, 1.165) is 45.1 Å². The van der Waals surface area contributed by atoms with Crippen molar-refractivity contribution < 1.29 is 64.2 Å². The summed E-state index contributed by atoms with van der Waals surface area (Å²) in [5.41, 5.74) is 0.425. The Kier molecular flexibility index (Phi) is 10.4. The van der Waals surface area contributed by atoms with Crippen molar-refractivity contribution in [3.63, 3.8) is 0 Å². The van der Waals surface area contributed by atoms with E-state index in [1.54, 1.807) is 0 Å². The minimum atomic E-state index is -1.71. The van der Waals surface area contributed by atoms with E-state index >= 15 is 0 Å². The van der Waals surface area contributed by atoms with Crippen LogP contribution in [0.5, 0.6) is 0 Å². The summed E-state index contributed by atoms with van der Waals surface area (Å²) >= 11 is 0. The summed E-state index contributed by atoms with van der Waals surface area (Å²) in [6, 6.07) is 0. The quantitative estimate of drug-likeness (QED) is 0.194. The molecule has 4 saturated heterocycles. The lowest BCUT2D eigenvalue weighted by molar-refractivity contribution is -0.373.